The Hall–Kier alpha value is -2.76. The van der Waals surface area contributed by atoms with Crippen LogP contribution in [0, 0.1) is 0 Å². The molecule has 2 aliphatic rings. The standard InChI is InChI=1S/C22H25N3O6S2/c1-30-15-5-7-17(19(11-15)31-2)23-21(26)13-25-18-12-16(6-8-20(18)32-14-22(25)27)33(28,29)24-9-3-4-10-24/h5-8,11-12H,3-4,9-10,13-14H2,1-2H3,(H,23,26). The van der Waals surface area contributed by atoms with Gasteiger partial charge in [-0.25, -0.2) is 8.42 Å². The average molecular weight is 492 g/mol. The first kappa shape index (κ1) is 23.4. The van der Waals surface area contributed by atoms with Gasteiger partial charge in [0.15, 0.2) is 0 Å². The van der Waals surface area contributed by atoms with Gasteiger partial charge in [-0.05, 0) is 43.2 Å². The van der Waals surface area contributed by atoms with E-state index in [-0.39, 0.29) is 23.1 Å². The molecule has 33 heavy (non-hydrogen) atoms. The topological polar surface area (TPSA) is 105 Å². The molecule has 2 aliphatic heterocycles. The summed E-state index contributed by atoms with van der Waals surface area (Å²) in [5, 5.41) is 2.75. The van der Waals surface area contributed by atoms with Gasteiger partial charge < -0.3 is 19.7 Å². The molecule has 11 heteroatoms. The highest BCUT2D eigenvalue weighted by Crippen LogP contribution is 2.38. The molecule has 0 aromatic heterocycles. The Balaban J connectivity index is 1.58. The Morgan fingerprint density at radius 1 is 1.09 bits per heavy atom. The summed E-state index contributed by atoms with van der Waals surface area (Å²) >= 11 is 1.33. The van der Waals surface area contributed by atoms with Crippen LogP contribution in [0.25, 0.3) is 0 Å². The molecule has 2 amide bonds. The monoisotopic (exact) mass is 491 g/mol. The smallest absolute Gasteiger partial charge is 0.244 e. The second-order valence-electron chi connectivity index (χ2n) is 7.62. The number of fused-ring (bicyclic) bond motifs is 1. The lowest BCUT2D eigenvalue weighted by Gasteiger charge is -2.29. The van der Waals surface area contributed by atoms with Gasteiger partial charge in [0.25, 0.3) is 0 Å². The number of nitrogens with one attached hydrogen (secondary N) is 1. The molecule has 2 heterocycles. The number of anilines is 2. The van der Waals surface area contributed by atoms with Crippen molar-refractivity contribution in [1.82, 2.24) is 4.31 Å². The highest BCUT2D eigenvalue weighted by atomic mass is 32.2. The lowest BCUT2D eigenvalue weighted by Crippen LogP contribution is -2.41. The van der Waals surface area contributed by atoms with Crippen molar-refractivity contribution in [2.75, 3.05) is 49.8 Å². The van der Waals surface area contributed by atoms with Crippen LogP contribution < -0.4 is 19.7 Å². The van der Waals surface area contributed by atoms with E-state index in [2.05, 4.69) is 5.32 Å². The van der Waals surface area contributed by atoms with E-state index in [1.54, 1.807) is 30.3 Å². The average Bonchev–Trinajstić information content (AvgIpc) is 3.37. The Bertz CT molecular complexity index is 1180. The molecule has 9 nitrogen and oxygen atoms in total. The van der Waals surface area contributed by atoms with E-state index < -0.39 is 15.9 Å². The molecule has 2 aromatic carbocycles. The van der Waals surface area contributed by atoms with Crippen LogP contribution in [0.4, 0.5) is 11.4 Å². The van der Waals surface area contributed by atoms with Crippen molar-refractivity contribution in [1.29, 1.82) is 0 Å². The van der Waals surface area contributed by atoms with Gasteiger partial charge in [0.1, 0.15) is 18.0 Å². The molecule has 1 N–H and O–H groups in total. The number of ether oxygens (including phenoxy) is 2. The predicted molar refractivity (Wildman–Crippen MR) is 126 cm³/mol. The summed E-state index contributed by atoms with van der Waals surface area (Å²) in [5.41, 5.74) is 0.862. The summed E-state index contributed by atoms with van der Waals surface area (Å²) < 4.78 is 37.9. The fourth-order valence-corrected chi connectivity index (χ4v) is 6.28. The van der Waals surface area contributed by atoms with Crippen molar-refractivity contribution < 1.29 is 27.5 Å². The third-order valence-electron chi connectivity index (χ3n) is 5.56. The van der Waals surface area contributed by atoms with Gasteiger partial charge in [-0.15, -0.1) is 11.8 Å². The lowest BCUT2D eigenvalue weighted by atomic mass is 10.2. The third kappa shape index (κ3) is 4.80. The second-order valence-corrected chi connectivity index (χ2v) is 10.6. The van der Waals surface area contributed by atoms with Crippen LogP contribution in [-0.4, -0.2) is 64.1 Å². The number of rotatable bonds is 7. The normalized spacial score (nSPS) is 16.4. The number of nitrogens with zero attached hydrogens (tertiary/aromatic N) is 2. The highest BCUT2D eigenvalue weighted by Gasteiger charge is 2.31. The number of amides is 2. The van der Waals surface area contributed by atoms with E-state index >= 15 is 0 Å². The van der Waals surface area contributed by atoms with Gasteiger partial charge in [-0.2, -0.15) is 4.31 Å². The van der Waals surface area contributed by atoms with E-state index in [4.69, 9.17) is 9.47 Å². The number of thioether (sulfide) groups is 1. The van der Waals surface area contributed by atoms with Crippen molar-refractivity contribution in [3.63, 3.8) is 0 Å². The van der Waals surface area contributed by atoms with Crippen LogP contribution in [0.5, 0.6) is 11.5 Å². The maximum atomic E-state index is 13.0. The van der Waals surface area contributed by atoms with Crippen molar-refractivity contribution >= 4 is 45.0 Å². The number of sulfonamides is 1. The van der Waals surface area contributed by atoms with Gasteiger partial charge in [0.2, 0.25) is 21.8 Å². The molecule has 0 radical (unpaired) electrons. The Kier molecular flexibility index (Phi) is 6.82. The van der Waals surface area contributed by atoms with E-state index in [0.717, 1.165) is 17.7 Å². The summed E-state index contributed by atoms with van der Waals surface area (Å²) in [6, 6.07) is 9.74. The number of carbonyl (C=O) groups is 2. The first-order chi connectivity index (χ1) is 15.8. The maximum absolute atomic E-state index is 13.0. The van der Waals surface area contributed by atoms with Crippen LogP contribution in [0.2, 0.25) is 0 Å². The number of hydrogen-bond acceptors (Lipinski definition) is 7. The molecular weight excluding hydrogens is 466 g/mol. The van der Waals surface area contributed by atoms with Crippen molar-refractivity contribution in [2.24, 2.45) is 0 Å². The predicted octanol–water partition coefficient (Wildman–Crippen LogP) is 2.57. The first-order valence-electron chi connectivity index (χ1n) is 10.4. The molecule has 0 bridgehead atoms. The summed E-state index contributed by atoms with van der Waals surface area (Å²) in [7, 11) is -0.638. The van der Waals surface area contributed by atoms with Crippen LogP contribution in [0.3, 0.4) is 0 Å². The van der Waals surface area contributed by atoms with Gasteiger partial charge in [0, 0.05) is 24.1 Å². The van der Waals surface area contributed by atoms with Crippen molar-refractivity contribution in [2.45, 2.75) is 22.6 Å². The number of methoxy groups -OCH3 is 2. The highest BCUT2D eigenvalue weighted by molar-refractivity contribution is 8.00. The molecule has 4 rings (SSSR count). The minimum atomic E-state index is -3.65. The third-order valence-corrected chi connectivity index (χ3v) is 8.50. The van der Waals surface area contributed by atoms with Gasteiger partial charge >= 0.3 is 0 Å². The second kappa shape index (κ2) is 9.62. The Labute approximate surface area is 197 Å². The van der Waals surface area contributed by atoms with Crippen molar-refractivity contribution in [3.05, 3.63) is 36.4 Å². The molecule has 0 saturated carbocycles. The zero-order chi connectivity index (χ0) is 23.6. The fraction of sp³-hybridized carbons (Fsp3) is 0.364. The van der Waals surface area contributed by atoms with E-state index in [0.29, 0.717) is 36.0 Å². The van der Waals surface area contributed by atoms with Gasteiger partial charge in [-0.3, -0.25) is 9.59 Å². The molecular formula is C22H25N3O6S2. The van der Waals surface area contributed by atoms with Gasteiger partial charge in [-0.1, -0.05) is 0 Å². The summed E-state index contributed by atoms with van der Waals surface area (Å²) in [6.07, 6.45) is 1.67. The summed E-state index contributed by atoms with van der Waals surface area (Å²) in [6.45, 7) is 0.723. The molecule has 0 unspecified atom stereocenters. The number of benzene rings is 2. The van der Waals surface area contributed by atoms with Crippen LogP contribution >= 0.6 is 11.8 Å². The summed E-state index contributed by atoms with van der Waals surface area (Å²) in [5.74, 6) is 0.471. The molecule has 1 fully saturated rings. The Morgan fingerprint density at radius 3 is 2.55 bits per heavy atom. The quantitative estimate of drug-likeness (QED) is 0.635. The van der Waals surface area contributed by atoms with E-state index in [1.807, 2.05) is 0 Å². The largest absolute Gasteiger partial charge is 0.497 e. The molecule has 0 spiro atoms. The Morgan fingerprint density at radius 2 is 1.85 bits per heavy atom. The zero-order valence-corrected chi connectivity index (χ0v) is 20.0. The minimum Gasteiger partial charge on any atom is -0.497 e. The molecule has 176 valence electrons. The maximum Gasteiger partial charge on any atom is 0.244 e. The van der Waals surface area contributed by atoms with Crippen LogP contribution in [0.1, 0.15) is 12.8 Å². The van der Waals surface area contributed by atoms with Crippen molar-refractivity contribution in [3.8, 4) is 11.5 Å². The molecule has 2 aromatic rings. The van der Waals surface area contributed by atoms with E-state index in [9.17, 15) is 18.0 Å². The summed E-state index contributed by atoms with van der Waals surface area (Å²) in [4.78, 5) is 27.7. The molecule has 0 aliphatic carbocycles. The number of hydrogen-bond donors (Lipinski definition) is 1. The zero-order valence-electron chi connectivity index (χ0n) is 18.4. The lowest BCUT2D eigenvalue weighted by molar-refractivity contribution is -0.120. The SMILES string of the molecule is COc1ccc(NC(=O)CN2C(=O)CSc3ccc(S(=O)(=O)N4CCCC4)cc32)c(OC)c1. The minimum absolute atomic E-state index is 0.126. The first-order valence-corrected chi connectivity index (χ1v) is 12.9. The molecule has 0 atom stereocenters. The number of carbonyl (C=O) groups excluding carboxylic acids is 2. The van der Waals surface area contributed by atoms with Crippen LogP contribution in [-0.2, 0) is 19.6 Å². The molecule has 1 saturated heterocycles. The van der Waals surface area contributed by atoms with Gasteiger partial charge in [0.05, 0.1) is 36.2 Å². The van der Waals surface area contributed by atoms with E-state index in [1.165, 1.54) is 41.3 Å². The fourth-order valence-electron chi connectivity index (χ4n) is 3.83. The van der Waals surface area contributed by atoms with Crippen LogP contribution in [0.15, 0.2) is 46.2 Å².